The number of hydrogen-bond acceptors (Lipinski definition) is 4. The molecule has 2 aliphatic rings. The second-order valence-corrected chi connectivity index (χ2v) is 5.77. The maximum absolute atomic E-state index is 12.2. The summed E-state index contributed by atoms with van der Waals surface area (Å²) in [6.45, 7) is 0. The third-order valence-electron chi connectivity index (χ3n) is 3.86. The van der Waals surface area contributed by atoms with Crippen molar-refractivity contribution in [3.8, 4) is 0 Å². The van der Waals surface area contributed by atoms with Gasteiger partial charge in [-0.05, 0) is 25.0 Å². The van der Waals surface area contributed by atoms with Crippen LogP contribution in [0, 0.1) is 0 Å². The third kappa shape index (κ3) is 1.66. The van der Waals surface area contributed by atoms with Crippen molar-refractivity contribution in [1.82, 2.24) is 4.90 Å². The van der Waals surface area contributed by atoms with Gasteiger partial charge >= 0.3 is 5.97 Å². The van der Waals surface area contributed by atoms with Crippen LogP contribution in [0.25, 0.3) is 0 Å². The number of ether oxygens (including phenoxy) is 1. The Labute approximate surface area is 120 Å². The number of nitrogens with zero attached hydrogens (tertiary/aromatic N) is 1. The number of alkyl halides is 1. The van der Waals surface area contributed by atoms with E-state index in [1.54, 1.807) is 24.3 Å². The van der Waals surface area contributed by atoms with E-state index in [2.05, 4.69) is 4.74 Å². The number of halogens is 1. The Kier molecular flexibility index (Phi) is 2.83. The van der Waals surface area contributed by atoms with Gasteiger partial charge in [-0.15, -0.1) is 11.6 Å². The van der Waals surface area contributed by atoms with Crippen LogP contribution < -0.4 is 0 Å². The fourth-order valence-electron chi connectivity index (χ4n) is 2.76. The van der Waals surface area contributed by atoms with E-state index in [-0.39, 0.29) is 30.7 Å². The van der Waals surface area contributed by atoms with E-state index in [0.717, 1.165) is 0 Å². The molecule has 0 bridgehead atoms. The minimum atomic E-state index is -1.12. The second kappa shape index (κ2) is 4.31. The van der Waals surface area contributed by atoms with Crippen LogP contribution in [-0.4, -0.2) is 40.7 Å². The molecular weight excluding hydrogens is 282 g/mol. The Bertz CT molecular complexity index is 586. The lowest BCUT2D eigenvalue weighted by Gasteiger charge is -2.43. The number of benzene rings is 1. The van der Waals surface area contributed by atoms with Crippen LogP contribution in [0.3, 0.4) is 0 Å². The zero-order valence-electron chi connectivity index (χ0n) is 10.8. The topological polar surface area (TPSA) is 63.7 Å². The average molecular weight is 294 g/mol. The van der Waals surface area contributed by atoms with E-state index in [1.807, 2.05) is 0 Å². The van der Waals surface area contributed by atoms with Gasteiger partial charge in [0.15, 0.2) is 0 Å². The van der Waals surface area contributed by atoms with Crippen LogP contribution in [0.15, 0.2) is 24.3 Å². The number of esters is 1. The van der Waals surface area contributed by atoms with Gasteiger partial charge in [0, 0.05) is 6.04 Å². The molecule has 1 aromatic rings. The Morgan fingerprint density at radius 1 is 1.25 bits per heavy atom. The maximum Gasteiger partial charge on any atom is 0.327 e. The molecule has 0 radical (unpaired) electrons. The summed E-state index contributed by atoms with van der Waals surface area (Å²) in [5.74, 6) is -1.16. The molecule has 3 rings (SSSR count). The summed E-state index contributed by atoms with van der Waals surface area (Å²) in [5, 5.41) is 0. The minimum Gasteiger partial charge on any atom is -0.468 e. The highest BCUT2D eigenvalue weighted by Gasteiger charge is 2.55. The van der Waals surface area contributed by atoms with Gasteiger partial charge in [0.1, 0.15) is 4.87 Å². The number of rotatable bonds is 2. The number of imide groups is 1. The molecule has 5 nitrogen and oxygen atoms in total. The molecule has 1 fully saturated rings. The van der Waals surface area contributed by atoms with Crippen LogP contribution in [-0.2, 0) is 9.53 Å². The third-order valence-corrected chi connectivity index (χ3v) is 4.32. The van der Waals surface area contributed by atoms with Gasteiger partial charge in [-0.25, -0.2) is 0 Å². The Morgan fingerprint density at radius 3 is 2.20 bits per heavy atom. The number of carbonyl (C=O) groups is 3. The largest absolute Gasteiger partial charge is 0.468 e. The van der Waals surface area contributed by atoms with Gasteiger partial charge < -0.3 is 4.74 Å². The van der Waals surface area contributed by atoms with Crippen LogP contribution in [0.4, 0.5) is 0 Å². The van der Waals surface area contributed by atoms with Crippen molar-refractivity contribution in [1.29, 1.82) is 0 Å². The van der Waals surface area contributed by atoms with Crippen molar-refractivity contribution in [2.75, 3.05) is 7.11 Å². The maximum atomic E-state index is 12.2. The molecule has 1 aromatic carbocycles. The average Bonchev–Trinajstić information content (AvgIpc) is 2.67. The van der Waals surface area contributed by atoms with Crippen molar-refractivity contribution in [2.24, 2.45) is 0 Å². The van der Waals surface area contributed by atoms with Gasteiger partial charge in [0.25, 0.3) is 11.8 Å². The fourth-order valence-corrected chi connectivity index (χ4v) is 3.19. The zero-order chi connectivity index (χ0) is 14.5. The molecule has 1 heterocycles. The predicted octanol–water partition coefficient (Wildman–Crippen LogP) is 1.60. The SMILES string of the molecule is COC(=O)C1(Cl)CC(N2C(=O)c3ccccc3C2=O)C1. The molecule has 0 spiro atoms. The van der Waals surface area contributed by atoms with Crippen LogP contribution in [0.5, 0.6) is 0 Å². The highest BCUT2D eigenvalue weighted by atomic mass is 35.5. The summed E-state index contributed by atoms with van der Waals surface area (Å²) in [5.41, 5.74) is 0.810. The smallest absolute Gasteiger partial charge is 0.327 e. The van der Waals surface area contributed by atoms with Crippen molar-refractivity contribution in [2.45, 2.75) is 23.8 Å². The highest BCUT2D eigenvalue weighted by Crippen LogP contribution is 2.44. The summed E-state index contributed by atoms with van der Waals surface area (Å²) in [6, 6.07) is 6.34. The van der Waals surface area contributed by atoms with E-state index in [9.17, 15) is 14.4 Å². The van der Waals surface area contributed by atoms with E-state index >= 15 is 0 Å². The molecule has 1 aliphatic carbocycles. The van der Waals surface area contributed by atoms with Gasteiger partial charge in [-0.2, -0.15) is 0 Å². The summed E-state index contributed by atoms with van der Waals surface area (Å²) >= 11 is 6.11. The van der Waals surface area contributed by atoms with Crippen molar-refractivity contribution < 1.29 is 19.1 Å². The monoisotopic (exact) mass is 293 g/mol. The molecular formula is C14H12ClNO4. The molecule has 0 N–H and O–H groups in total. The second-order valence-electron chi connectivity index (χ2n) is 5.04. The first-order chi connectivity index (χ1) is 9.48. The van der Waals surface area contributed by atoms with Gasteiger partial charge in [0.05, 0.1) is 18.2 Å². The fraction of sp³-hybridized carbons (Fsp3) is 0.357. The molecule has 0 atom stereocenters. The van der Waals surface area contributed by atoms with Crippen LogP contribution in [0.1, 0.15) is 33.6 Å². The molecule has 104 valence electrons. The Morgan fingerprint density at radius 2 is 1.75 bits per heavy atom. The van der Waals surface area contributed by atoms with E-state index in [1.165, 1.54) is 12.0 Å². The van der Waals surface area contributed by atoms with Crippen molar-refractivity contribution in [3.05, 3.63) is 35.4 Å². The number of hydrogen-bond donors (Lipinski definition) is 0. The molecule has 1 aliphatic heterocycles. The standard InChI is InChI=1S/C14H12ClNO4/c1-20-13(19)14(15)6-8(7-14)16-11(17)9-4-2-3-5-10(9)12(16)18/h2-5,8H,6-7H2,1H3. The summed E-state index contributed by atoms with van der Waals surface area (Å²) < 4.78 is 4.62. The Balaban J connectivity index is 1.81. The first-order valence-corrected chi connectivity index (χ1v) is 6.60. The highest BCUT2D eigenvalue weighted by molar-refractivity contribution is 6.35. The number of carbonyl (C=O) groups excluding carboxylic acids is 3. The van der Waals surface area contributed by atoms with Gasteiger partial charge in [-0.3, -0.25) is 19.3 Å². The Hall–Kier alpha value is -1.88. The molecule has 0 aromatic heterocycles. The number of methoxy groups -OCH3 is 1. The first kappa shape index (κ1) is 13.1. The lowest BCUT2D eigenvalue weighted by Crippen LogP contribution is -2.57. The molecule has 2 amide bonds. The number of amides is 2. The van der Waals surface area contributed by atoms with E-state index in [0.29, 0.717) is 11.1 Å². The molecule has 0 saturated heterocycles. The molecule has 20 heavy (non-hydrogen) atoms. The molecule has 0 unspecified atom stereocenters. The quantitative estimate of drug-likeness (QED) is 0.472. The van der Waals surface area contributed by atoms with Gasteiger partial charge in [0.2, 0.25) is 0 Å². The normalized spacial score (nSPS) is 28.1. The lowest BCUT2D eigenvalue weighted by molar-refractivity contribution is -0.147. The van der Waals surface area contributed by atoms with Crippen molar-refractivity contribution >= 4 is 29.4 Å². The van der Waals surface area contributed by atoms with Crippen LogP contribution >= 0.6 is 11.6 Å². The molecule has 1 saturated carbocycles. The van der Waals surface area contributed by atoms with Gasteiger partial charge in [-0.1, -0.05) is 12.1 Å². The summed E-state index contributed by atoms with van der Waals surface area (Å²) in [4.78, 5) is 36.1. The van der Waals surface area contributed by atoms with Crippen LogP contribution in [0.2, 0.25) is 0 Å². The molecule has 6 heteroatoms. The van der Waals surface area contributed by atoms with Crippen molar-refractivity contribution in [3.63, 3.8) is 0 Å². The predicted molar refractivity (Wildman–Crippen MR) is 70.6 cm³/mol. The van der Waals surface area contributed by atoms with E-state index < -0.39 is 10.8 Å². The first-order valence-electron chi connectivity index (χ1n) is 6.22. The summed E-state index contributed by atoms with van der Waals surface area (Å²) in [7, 11) is 1.27. The lowest BCUT2D eigenvalue weighted by atomic mass is 9.78. The van der Waals surface area contributed by atoms with E-state index in [4.69, 9.17) is 11.6 Å². The summed E-state index contributed by atoms with van der Waals surface area (Å²) in [6.07, 6.45) is 0.458. The zero-order valence-corrected chi connectivity index (χ0v) is 11.5. The minimum absolute atomic E-state index is 0.229. The number of fused-ring (bicyclic) bond motifs is 1.